The fourth-order valence-corrected chi connectivity index (χ4v) is 2.32. The second-order valence-corrected chi connectivity index (χ2v) is 4.35. The fourth-order valence-electron chi connectivity index (χ4n) is 1.34. The summed E-state index contributed by atoms with van der Waals surface area (Å²) in [7, 11) is 0. The Morgan fingerprint density at radius 3 is 2.70 bits per heavy atom. The van der Waals surface area contributed by atoms with Crippen LogP contribution in [-0.2, 0) is 4.79 Å². The summed E-state index contributed by atoms with van der Waals surface area (Å²) in [5.41, 5.74) is 0. The maximum atomic E-state index is 10.6. The van der Waals surface area contributed by atoms with Crippen molar-refractivity contribution < 1.29 is 4.79 Å². The Balaban J connectivity index is 2.33. The van der Waals surface area contributed by atoms with Gasteiger partial charge in [0.25, 0.3) is 0 Å². The van der Waals surface area contributed by atoms with E-state index in [1.54, 1.807) is 6.92 Å². The van der Waals surface area contributed by atoms with Crippen LogP contribution >= 0.6 is 22.6 Å². The van der Waals surface area contributed by atoms with Crippen molar-refractivity contribution in [3.63, 3.8) is 0 Å². The normalized spacial score (nSPS) is 32.2. The van der Waals surface area contributed by atoms with E-state index >= 15 is 0 Å². The highest BCUT2D eigenvalue weighted by molar-refractivity contribution is 14.1. The molecule has 0 saturated heterocycles. The van der Waals surface area contributed by atoms with E-state index in [0.29, 0.717) is 9.97 Å². The average Bonchev–Trinajstić information content (AvgIpc) is 2.15. The summed E-state index contributed by atoms with van der Waals surface area (Å²) >= 11 is 2.41. The van der Waals surface area contributed by atoms with E-state index in [4.69, 9.17) is 0 Å². The second kappa shape index (κ2) is 3.55. The SMILES string of the molecule is CC(=O)N[C@H]1CCC[C@@H]1I. The molecule has 1 aliphatic carbocycles. The molecule has 1 fully saturated rings. The van der Waals surface area contributed by atoms with Crippen LogP contribution in [0.15, 0.2) is 0 Å². The van der Waals surface area contributed by atoms with Gasteiger partial charge in [0, 0.05) is 16.9 Å². The molecular formula is C7H12INO. The van der Waals surface area contributed by atoms with Crippen molar-refractivity contribution in [3.05, 3.63) is 0 Å². The first-order chi connectivity index (χ1) is 4.70. The van der Waals surface area contributed by atoms with Crippen LogP contribution in [0.25, 0.3) is 0 Å². The number of alkyl halides is 1. The standard InChI is InChI=1S/C7H12INO/c1-5(10)9-7-4-2-3-6(7)8/h6-7H,2-4H2,1H3,(H,9,10)/t6-,7-/m0/s1. The molecule has 1 N–H and O–H groups in total. The van der Waals surface area contributed by atoms with Gasteiger partial charge in [0.15, 0.2) is 0 Å². The molecule has 1 amide bonds. The summed E-state index contributed by atoms with van der Waals surface area (Å²) in [6, 6.07) is 0.443. The highest BCUT2D eigenvalue weighted by atomic mass is 127. The first-order valence-electron chi connectivity index (χ1n) is 3.61. The molecule has 2 atom stereocenters. The van der Waals surface area contributed by atoms with E-state index in [1.165, 1.54) is 12.8 Å². The molecule has 0 aromatic carbocycles. The molecule has 1 saturated carbocycles. The maximum absolute atomic E-state index is 10.6. The molecule has 0 heterocycles. The van der Waals surface area contributed by atoms with Crippen molar-refractivity contribution in [3.8, 4) is 0 Å². The molecule has 3 heteroatoms. The topological polar surface area (TPSA) is 29.1 Å². The van der Waals surface area contributed by atoms with E-state index in [2.05, 4.69) is 27.9 Å². The average molecular weight is 253 g/mol. The number of halogens is 1. The van der Waals surface area contributed by atoms with Gasteiger partial charge in [0.05, 0.1) is 0 Å². The molecule has 1 aliphatic rings. The molecule has 58 valence electrons. The third-order valence-corrected chi connectivity index (χ3v) is 3.31. The molecule has 2 nitrogen and oxygen atoms in total. The van der Waals surface area contributed by atoms with Crippen molar-refractivity contribution >= 4 is 28.5 Å². The molecule has 10 heavy (non-hydrogen) atoms. The Bertz CT molecular complexity index is 138. The highest BCUT2D eigenvalue weighted by Gasteiger charge is 2.24. The summed E-state index contributed by atoms with van der Waals surface area (Å²) in [6.45, 7) is 1.58. The number of amides is 1. The predicted molar refractivity (Wildman–Crippen MR) is 49.3 cm³/mol. The number of nitrogens with one attached hydrogen (secondary N) is 1. The molecule has 0 spiro atoms. The maximum Gasteiger partial charge on any atom is 0.217 e. The quantitative estimate of drug-likeness (QED) is 0.556. The number of hydrogen-bond donors (Lipinski definition) is 1. The number of hydrogen-bond acceptors (Lipinski definition) is 1. The lowest BCUT2D eigenvalue weighted by atomic mass is 10.2. The molecule has 0 radical (unpaired) electrons. The zero-order chi connectivity index (χ0) is 7.56. The Hall–Kier alpha value is 0.200. The van der Waals surface area contributed by atoms with Gasteiger partial charge in [-0.1, -0.05) is 29.0 Å². The summed E-state index contributed by atoms with van der Waals surface area (Å²) in [5.74, 6) is 0.105. The van der Waals surface area contributed by atoms with Gasteiger partial charge in [-0.05, 0) is 12.8 Å². The van der Waals surface area contributed by atoms with E-state index in [0.717, 1.165) is 6.42 Å². The third-order valence-electron chi connectivity index (χ3n) is 1.82. The number of carbonyl (C=O) groups is 1. The van der Waals surface area contributed by atoms with Crippen LogP contribution in [0, 0.1) is 0 Å². The van der Waals surface area contributed by atoms with Crippen LogP contribution in [-0.4, -0.2) is 15.9 Å². The van der Waals surface area contributed by atoms with Crippen molar-refractivity contribution in [2.45, 2.75) is 36.2 Å². The molecular weight excluding hydrogens is 241 g/mol. The van der Waals surface area contributed by atoms with E-state index < -0.39 is 0 Å². The molecule has 0 aliphatic heterocycles. The van der Waals surface area contributed by atoms with Gasteiger partial charge >= 0.3 is 0 Å². The minimum absolute atomic E-state index is 0.105. The first kappa shape index (κ1) is 8.30. The fraction of sp³-hybridized carbons (Fsp3) is 0.857. The summed E-state index contributed by atoms with van der Waals surface area (Å²) in [4.78, 5) is 10.6. The van der Waals surface area contributed by atoms with Gasteiger partial charge < -0.3 is 5.32 Å². The predicted octanol–water partition coefficient (Wildman–Crippen LogP) is 1.48. The molecule has 1 rings (SSSR count). The summed E-state index contributed by atoms with van der Waals surface area (Å²) < 4.78 is 0.654. The molecule has 0 unspecified atom stereocenters. The van der Waals surface area contributed by atoms with E-state index in [-0.39, 0.29) is 5.91 Å². The Morgan fingerprint density at radius 2 is 2.30 bits per heavy atom. The smallest absolute Gasteiger partial charge is 0.217 e. The van der Waals surface area contributed by atoms with Crippen LogP contribution in [0.5, 0.6) is 0 Å². The third kappa shape index (κ3) is 2.11. The minimum Gasteiger partial charge on any atom is -0.353 e. The molecule has 0 aromatic heterocycles. The summed E-state index contributed by atoms with van der Waals surface area (Å²) in [5, 5.41) is 2.95. The lowest BCUT2D eigenvalue weighted by Gasteiger charge is -2.13. The van der Waals surface area contributed by atoms with Crippen LogP contribution in [0.2, 0.25) is 0 Å². The Kier molecular flexibility index (Phi) is 2.95. The zero-order valence-corrected chi connectivity index (χ0v) is 8.22. The van der Waals surface area contributed by atoms with Gasteiger partial charge in [0.1, 0.15) is 0 Å². The minimum atomic E-state index is 0.105. The lowest BCUT2D eigenvalue weighted by molar-refractivity contribution is -0.119. The van der Waals surface area contributed by atoms with Crippen LogP contribution in [0.3, 0.4) is 0 Å². The van der Waals surface area contributed by atoms with Crippen molar-refractivity contribution in [1.29, 1.82) is 0 Å². The van der Waals surface area contributed by atoms with Gasteiger partial charge in [-0.2, -0.15) is 0 Å². The van der Waals surface area contributed by atoms with Crippen molar-refractivity contribution in [2.24, 2.45) is 0 Å². The van der Waals surface area contributed by atoms with Gasteiger partial charge in [0.2, 0.25) is 5.91 Å². The molecule has 0 bridgehead atoms. The number of carbonyl (C=O) groups excluding carboxylic acids is 1. The largest absolute Gasteiger partial charge is 0.353 e. The highest BCUT2D eigenvalue weighted by Crippen LogP contribution is 2.25. The summed E-state index contributed by atoms with van der Waals surface area (Å²) in [6.07, 6.45) is 3.68. The number of rotatable bonds is 1. The van der Waals surface area contributed by atoms with E-state index in [1.807, 2.05) is 0 Å². The Morgan fingerprint density at radius 1 is 1.60 bits per heavy atom. The lowest BCUT2D eigenvalue weighted by Crippen LogP contribution is -2.35. The van der Waals surface area contributed by atoms with Crippen molar-refractivity contribution in [2.75, 3.05) is 0 Å². The van der Waals surface area contributed by atoms with Gasteiger partial charge in [-0.25, -0.2) is 0 Å². The Labute approximate surface area is 74.9 Å². The van der Waals surface area contributed by atoms with E-state index in [9.17, 15) is 4.79 Å². The van der Waals surface area contributed by atoms with Crippen LogP contribution in [0.4, 0.5) is 0 Å². The van der Waals surface area contributed by atoms with Crippen LogP contribution in [0.1, 0.15) is 26.2 Å². The van der Waals surface area contributed by atoms with Gasteiger partial charge in [-0.15, -0.1) is 0 Å². The zero-order valence-electron chi connectivity index (χ0n) is 6.06. The molecule has 0 aromatic rings. The van der Waals surface area contributed by atoms with Gasteiger partial charge in [-0.3, -0.25) is 4.79 Å². The van der Waals surface area contributed by atoms with Crippen molar-refractivity contribution in [1.82, 2.24) is 5.32 Å². The van der Waals surface area contributed by atoms with Crippen LogP contribution < -0.4 is 5.32 Å². The first-order valence-corrected chi connectivity index (χ1v) is 4.86. The second-order valence-electron chi connectivity index (χ2n) is 2.75. The monoisotopic (exact) mass is 253 g/mol.